The molecule has 0 bridgehead atoms. The van der Waals surface area contributed by atoms with Crippen LogP contribution < -0.4 is 11.1 Å². The first kappa shape index (κ1) is 14.1. The SMILES string of the molecule is Nc1ccc(NC(=O)CCC(F)(F)F)c2cccnc12. The number of carbonyl (C=O) groups is 1. The molecular formula is C13H12F3N3O. The number of amides is 1. The number of fused-ring (bicyclic) bond motifs is 1. The second-order valence-corrected chi connectivity index (χ2v) is 4.27. The van der Waals surface area contributed by atoms with Crippen molar-refractivity contribution in [1.82, 2.24) is 4.98 Å². The fourth-order valence-electron chi connectivity index (χ4n) is 1.77. The van der Waals surface area contributed by atoms with Crippen molar-refractivity contribution >= 4 is 28.2 Å². The largest absolute Gasteiger partial charge is 0.397 e. The van der Waals surface area contributed by atoms with Crippen molar-refractivity contribution in [1.29, 1.82) is 0 Å². The number of hydrogen-bond donors (Lipinski definition) is 2. The topological polar surface area (TPSA) is 68.0 Å². The Morgan fingerprint density at radius 3 is 2.75 bits per heavy atom. The van der Waals surface area contributed by atoms with Gasteiger partial charge in [0, 0.05) is 18.0 Å². The van der Waals surface area contributed by atoms with E-state index in [0.717, 1.165) is 0 Å². The van der Waals surface area contributed by atoms with Crippen LogP contribution in [0.15, 0.2) is 30.5 Å². The number of pyridine rings is 1. The monoisotopic (exact) mass is 283 g/mol. The summed E-state index contributed by atoms with van der Waals surface area (Å²) in [5.41, 5.74) is 7.09. The second kappa shape index (κ2) is 5.36. The lowest BCUT2D eigenvalue weighted by Crippen LogP contribution is -2.16. The average Bonchev–Trinajstić information content (AvgIpc) is 2.39. The van der Waals surface area contributed by atoms with E-state index >= 15 is 0 Å². The van der Waals surface area contributed by atoms with E-state index in [9.17, 15) is 18.0 Å². The first-order valence-electron chi connectivity index (χ1n) is 5.86. The van der Waals surface area contributed by atoms with Crippen LogP contribution in [-0.2, 0) is 4.79 Å². The number of nitrogens with zero attached hydrogens (tertiary/aromatic N) is 1. The molecular weight excluding hydrogens is 271 g/mol. The highest BCUT2D eigenvalue weighted by molar-refractivity contribution is 6.04. The van der Waals surface area contributed by atoms with Crippen LogP contribution in [0.25, 0.3) is 10.9 Å². The van der Waals surface area contributed by atoms with E-state index in [4.69, 9.17) is 5.73 Å². The zero-order valence-electron chi connectivity index (χ0n) is 10.4. The van der Waals surface area contributed by atoms with Crippen LogP contribution in [0.3, 0.4) is 0 Å². The third kappa shape index (κ3) is 3.37. The summed E-state index contributed by atoms with van der Waals surface area (Å²) in [6.07, 6.45) is -4.56. The van der Waals surface area contributed by atoms with Crippen molar-refractivity contribution in [3.63, 3.8) is 0 Å². The Labute approximate surface area is 112 Å². The third-order valence-corrected chi connectivity index (χ3v) is 2.71. The van der Waals surface area contributed by atoms with Gasteiger partial charge >= 0.3 is 6.18 Å². The molecule has 4 nitrogen and oxygen atoms in total. The van der Waals surface area contributed by atoms with Gasteiger partial charge in [-0.3, -0.25) is 9.78 Å². The Balaban J connectivity index is 2.18. The molecule has 1 amide bonds. The maximum atomic E-state index is 12.1. The number of anilines is 2. The summed E-state index contributed by atoms with van der Waals surface area (Å²) in [4.78, 5) is 15.6. The van der Waals surface area contributed by atoms with Gasteiger partial charge in [0.1, 0.15) is 0 Å². The number of hydrogen-bond acceptors (Lipinski definition) is 3. The molecule has 0 aliphatic carbocycles. The van der Waals surface area contributed by atoms with E-state index in [1.165, 1.54) is 0 Å². The number of nitrogens with one attached hydrogen (secondary N) is 1. The highest BCUT2D eigenvalue weighted by Crippen LogP contribution is 2.27. The summed E-state index contributed by atoms with van der Waals surface area (Å²) in [5.74, 6) is -0.697. The standard InChI is InChI=1S/C13H12F3N3O/c14-13(15,16)6-5-11(20)19-10-4-3-9(17)12-8(10)2-1-7-18-12/h1-4,7H,5-6,17H2,(H,19,20). The first-order valence-corrected chi connectivity index (χ1v) is 5.86. The van der Waals surface area contributed by atoms with Crippen molar-refractivity contribution in [3.05, 3.63) is 30.5 Å². The number of alkyl halides is 3. The molecule has 7 heteroatoms. The Hall–Kier alpha value is -2.31. The van der Waals surface area contributed by atoms with Crippen LogP contribution in [0, 0.1) is 0 Å². The van der Waals surface area contributed by atoms with Crippen molar-refractivity contribution in [2.75, 3.05) is 11.1 Å². The normalized spacial score (nSPS) is 11.6. The lowest BCUT2D eigenvalue weighted by atomic mass is 10.1. The molecule has 3 N–H and O–H groups in total. The number of nitrogen functional groups attached to an aromatic ring is 1. The van der Waals surface area contributed by atoms with Gasteiger partial charge in [0.15, 0.2) is 0 Å². The maximum Gasteiger partial charge on any atom is 0.389 e. The Morgan fingerprint density at radius 2 is 2.05 bits per heavy atom. The van der Waals surface area contributed by atoms with Crippen LogP contribution in [0.2, 0.25) is 0 Å². The molecule has 0 saturated carbocycles. The number of halogens is 3. The summed E-state index contributed by atoms with van der Waals surface area (Å²) >= 11 is 0. The predicted molar refractivity (Wildman–Crippen MR) is 70.1 cm³/mol. The van der Waals surface area contributed by atoms with E-state index < -0.39 is 24.9 Å². The fourth-order valence-corrected chi connectivity index (χ4v) is 1.77. The van der Waals surface area contributed by atoms with Gasteiger partial charge in [-0.25, -0.2) is 0 Å². The Bertz CT molecular complexity index is 640. The molecule has 1 heterocycles. The molecule has 0 spiro atoms. The molecule has 0 fully saturated rings. The molecule has 1 aromatic heterocycles. The zero-order valence-corrected chi connectivity index (χ0v) is 10.4. The minimum absolute atomic E-state index is 0.398. The summed E-state index contributed by atoms with van der Waals surface area (Å²) < 4.78 is 36.2. The smallest absolute Gasteiger partial charge is 0.389 e. The molecule has 0 saturated heterocycles. The van der Waals surface area contributed by atoms with E-state index in [1.54, 1.807) is 30.5 Å². The Morgan fingerprint density at radius 1 is 1.30 bits per heavy atom. The number of carbonyl (C=O) groups excluding carboxylic acids is 1. The molecule has 0 radical (unpaired) electrons. The van der Waals surface area contributed by atoms with Gasteiger partial charge in [-0.2, -0.15) is 13.2 Å². The number of nitrogens with two attached hydrogens (primary N) is 1. The van der Waals surface area contributed by atoms with E-state index in [0.29, 0.717) is 22.3 Å². The van der Waals surface area contributed by atoms with E-state index in [1.807, 2.05) is 0 Å². The van der Waals surface area contributed by atoms with Gasteiger partial charge in [-0.1, -0.05) is 0 Å². The second-order valence-electron chi connectivity index (χ2n) is 4.27. The summed E-state index contributed by atoms with van der Waals surface area (Å²) in [7, 11) is 0. The predicted octanol–water partition coefficient (Wildman–Crippen LogP) is 3.10. The molecule has 20 heavy (non-hydrogen) atoms. The van der Waals surface area contributed by atoms with Gasteiger partial charge in [0.05, 0.1) is 23.3 Å². The van der Waals surface area contributed by atoms with Gasteiger partial charge < -0.3 is 11.1 Å². The lowest BCUT2D eigenvalue weighted by Gasteiger charge is -2.10. The molecule has 0 atom stereocenters. The Kier molecular flexibility index (Phi) is 3.78. The highest BCUT2D eigenvalue weighted by atomic mass is 19.4. The quantitative estimate of drug-likeness (QED) is 0.850. The minimum Gasteiger partial charge on any atom is -0.397 e. The third-order valence-electron chi connectivity index (χ3n) is 2.71. The van der Waals surface area contributed by atoms with Crippen molar-refractivity contribution < 1.29 is 18.0 Å². The van der Waals surface area contributed by atoms with Crippen LogP contribution >= 0.6 is 0 Å². The first-order chi connectivity index (χ1) is 9.37. The molecule has 2 rings (SSSR count). The van der Waals surface area contributed by atoms with Gasteiger partial charge in [-0.05, 0) is 24.3 Å². The zero-order chi connectivity index (χ0) is 14.8. The van der Waals surface area contributed by atoms with Crippen molar-refractivity contribution in [2.24, 2.45) is 0 Å². The minimum atomic E-state index is -4.35. The summed E-state index contributed by atoms with van der Waals surface area (Å²) in [6, 6.07) is 6.45. The summed E-state index contributed by atoms with van der Waals surface area (Å²) in [5, 5.41) is 3.04. The highest BCUT2D eigenvalue weighted by Gasteiger charge is 2.27. The van der Waals surface area contributed by atoms with E-state index in [2.05, 4.69) is 10.3 Å². The van der Waals surface area contributed by atoms with Crippen molar-refractivity contribution in [2.45, 2.75) is 19.0 Å². The van der Waals surface area contributed by atoms with Gasteiger partial charge in [0.2, 0.25) is 5.91 Å². The number of benzene rings is 1. The summed E-state index contributed by atoms with van der Waals surface area (Å²) in [6.45, 7) is 0. The molecule has 1 aromatic carbocycles. The van der Waals surface area contributed by atoms with Crippen LogP contribution in [0.4, 0.5) is 24.5 Å². The van der Waals surface area contributed by atoms with Crippen LogP contribution in [0.1, 0.15) is 12.8 Å². The maximum absolute atomic E-state index is 12.1. The van der Waals surface area contributed by atoms with Gasteiger partial charge in [0.25, 0.3) is 0 Å². The van der Waals surface area contributed by atoms with Crippen LogP contribution in [0.5, 0.6) is 0 Å². The molecule has 106 valence electrons. The number of aromatic nitrogens is 1. The fraction of sp³-hybridized carbons (Fsp3) is 0.231. The molecule has 0 aliphatic heterocycles. The average molecular weight is 283 g/mol. The van der Waals surface area contributed by atoms with Crippen molar-refractivity contribution in [3.8, 4) is 0 Å². The molecule has 0 aliphatic rings. The molecule has 0 unspecified atom stereocenters. The van der Waals surface area contributed by atoms with Crippen LogP contribution in [-0.4, -0.2) is 17.1 Å². The number of rotatable bonds is 3. The van der Waals surface area contributed by atoms with E-state index in [-0.39, 0.29) is 0 Å². The lowest BCUT2D eigenvalue weighted by molar-refractivity contribution is -0.142. The molecule has 2 aromatic rings. The van der Waals surface area contributed by atoms with Gasteiger partial charge in [-0.15, -0.1) is 0 Å².